The van der Waals surface area contributed by atoms with E-state index in [0.29, 0.717) is 17.9 Å². The van der Waals surface area contributed by atoms with E-state index in [4.69, 9.17) is 0 Å². The van der Waals surface area contributed by atoms with Gasteiger partial charge in [0.1, 0.15) is 0 Å². The first-order valence-corrected chi connectivity index (χ1v) is 9.83. The van der Waals surface area contributed by atoms with Gasteiger partial charge in [-0.2, -0.15) is 4.31 Å². The molecular formula is C18H29NO4S. The maximum Gasteiger partial charge on any atom is 0.243 e. The van der Waals surface area contributed by atoms with Gasteiger partial charge in [-0.05, 0) is 48.4 Å². The zero-order chi connectivity index (χ0) is 18.3. The summed E-state index contributed by atoms with van der Waals surface area (Å²) in [5.41, 5.74) is 2.54. The molecule has 0 bridgehead atoms. The summed E-state index contributed by atoms with van der Waals surface area (Å²) in [7, 11) is -3.67. The number of aliphatic hydroxyl groups excluding tert-OH is 2. The molecule has 0 aliphatic carbocycles. The van der Waals surface area contributed by atoms with Crippen molar-refractivity contribution < 1.29 is 18.6 Å². The van der Waals surface area contributed by atoms with E-state index in [0.717, 1.165) is 16.7 Å². The normalized spacial score (nSPS) is 23.5. The van der Waals surface area contributed by atoms with E-state index >= 15 is 0 Å². The fourth-order valence-electron chi connectivity index (χ4n) is 3.05. The van der Waals surface area contributed by atoms with Crippen LogP contribution in [0.25, 0.3) is 0 Å². The smallest absolute Gasteiger partial charge is 0.243 e. The molecule has 1 saturated heterocycles. The lowest BCUT2D eigenvalue weighted by Crippen LogP contribution is -2.47. The molecule has 1 aromatic carbocycles. The minimum absolute atomic E-state index is 0.0335. The van der Waals surface area contributed by atoms with E-state index in [1.54, 1.807) is 6.07 Å². The van der Waals surface area contributed by atoms with Crippen LogP contribution in [-0.4, -0.2) is 48.7 Å². The molecule has 2 N–H and O–H groups in total. The third-order valence-electron chi connectivity index (χ3n) is 5.02. The van der Waals surface area contributed by atoms with Crippen LogP contribution in [0.2, 0.25) is 0 Å². The maximum absolute atomic E-state index is 13.1. The molecule has 136 valence electrons. The number of hydrogen-bond acceptors (Lipinski definition) is 4. The van der Waals surface area contributed by atoms with Crippen molar-refractivity contribution in [2.45, 2.75) is 57.5 Å². The van der Waals surface area contributed by atoms with E-state index in [2.05, 4.69) is 20.8 Å². The van der Waals surface area contributed by atoms with Gasteiger partial charge < -0.3 is 10.2 Å². The van der Waals surface area contributed by atoms with Crippen molar-refractivity contribution in [1.82, 2.24) is 4.31 Å². The van der Waals surface area contributed by atoms with Crippen LogP contribution in [0.15, 0.2) is 17.0 Å². The number of aryl methyl sites for hydroxylation is 1. The first-order valence-electron chi connectivity index (χ1n) is 8.39. The lowest BCUT2D eigenvalue weighted by molar-refractivity contribution is 0.0221. The van der Waals surface area contributed by atoms with Crippen LogP contribution in [0.5, 0.6) is 0 Å². The second-order valence-electron chi connectivity index (χ2n) is 7.83. The molecule has 1 heterocycles. The van der Waals surface area contributed by atoms with Crippen molar-refractivity contribution in [3.05, 3.63) is 28.8 Å². The first-order chi connectivity index (χ1) is 11.0. The third kappa shape index (κ3) is 3.67. The summed E-state index contributed by atoms with van der Waals surface area (Å²) in [5, 5.41) is 19.3. The number of hydrogen-bond donors (Lipinski definition) is 2. The van der Waals surface area contributed by atoms with Crippen molar-refractivity contribution >= 4 is 10.0 Å². The predicted molar refractivity (Wildman–Crippen MR) is 94.6 cm³/mol. The Morgan fingerprint density at radius 1 is 1.25 bits per heavy atom. The highest BCUT2D eigenvalue weighted by Crippen LogP contribution is 2.32. The zero-order valence-corrected chi connectivity index (χ0v) is 16.0. The van der Waals surface area contributed by atoms with Gasteiger partial charge in [-0.25, -0.2) is 8.42 Å². The van der Waals surface area contributed by atoms with E-state index in [-0.39, 0.29) is 24.5 Å². The topological polar surface area (TPSA) is 77.8 Å². The minimum Gasteiger partial charge on any atom is -0.396 e. The molecule has 0 spiro atoms. The van der Waals surface area contributed by atoms with Gasteiger partial charge >= 0.3 is 0 Å². The Hall–Kier alpha value is -0.950. The molecule has 24 heavy (non-hydrogen) atoms. The highest BCUT2D eigenvalue weighted by molar-refractivity contribution is 7.89. The van der Waals surface area contributed by atoms with Gasteiger partial charge in [0.25, 0.3) is 0 Å². The molecular weight excluding hydrogens is 326 g/mol. The Kier molecular flexibility index (Phi) is 5.45. The summed E-state index contributed by atoms with van der Waals surface area (Å²) in [6, 6.07) is 3.81. The molecule has 0 radical (unpaired) electrons. The van der Waals surface area contributed by atoms with Gasteiger partial charge in [0, 0.05) is 25.6 Å². The van der Waals surface area contributed by atoms with E-state index in [1.807, 2.05) is 19.9 Å². The van der Waals surface area contributed by atoms with Crippen LogP contribution >= 0.6 is 0 Å². The summed E-state index contributed by atoms with van der Waals surface area (Å²) in [4.78, 5) is 0.321. The van der Waals surface area contributed by atoms with Gasteiger partial charge in [0.2, 0.25) is 10.0 Å². The number of rotatable bonds is 3. The molecule has 6 heteroatoms. The highest BCUT2D eigenvalue weighted by atomic mass is 32.2. The lowest BCUT2D eigenvalue weighted by Gasteiger charge is -2.35. The second kappa shape index (κ2) is 6.75. The molecule has 1 aromatic rings. The number of nitrogens with zero attached hydrogens (tertiary/aromatic N) is 1. The van der Waals surface area contributed by atoms with Crippen LogP contribution in [0.4, 0.5) is 0 Å². The van der Waals surface area contributed by atoms with Gasteiger partial charge in [0.05, 0.1) is 11.0 Å². The monoisotopic (exact) mass is 355 g/mol. The maximum atomic E-state index is 13.1. The second-order valence-corrected chi connectivity index (χ2v) is 9.73. The largest absolute Gasteiger partial charge is 0.396 e. The molecule has 0 aromatic heterocycles. The molecule has 0 unspecified atom stereocenters. The molecule has 1 aliphatic heterocycles. The van der Waals surface area contributed by atoms with Crippen LogP contribution in [0, 0.1) is 19.8 Å². The van der Waals surface area contributed by atoms with Gasteiger partial charge in [-0.3, -0.25) is 0 Å². The Balaban J connectivity index is 2.45. The van der Waals surface area contributed by atoms with E-state index < -0.39 is 16.1 Å². The van der Waals surface area contributed by atoms with Crippen molar-refractivity contribution in [3.8, 4) is 0 Å². The van der Waals surface area contributed by atoms with Crippen molar-refractivity contribution in [1.29, 1.82) is 0 Å². The molecule has 5 nitrogen and oxygen atoms in total. The third-order valence-corrected chi connectivity index (χ3v) is 7.01. The zero-order valence-electron chi connectivity index (χ0n) is 15.2. The SMILES string of the molecule is Cc1cc(C(C)(C)C)cc(S(=O)(=O)N2CC[C@H](CO)[C@@H](O)C2)c1C. The van der Waals surface area contributed by atoms with Crippen molar-refractivity contribution in [3.63, 3.8) is 0 Å². The van der Waals surface area contributed by atoms with Crippen molar-refractivity contribution in [2.24, 2.45) is 5.92 Å². The molecule has 2 rings (SSSR count). The molecule has 1 fully saturated rings. The number of benzene rings is 1. The summed E-state index contributed by atoms with van der Waals surface area (Å²) in [5.74, 6) is -0.250. The average molecular weight is 356 g/mol. The van der Waals surface area contributed by atoms with E-state index in [1.165, 1.54) is 4.31 Å². The fraction of sp³-hybridized carbons (Fsp3) is 0.667. The Bertz CT molecular complexity index is 706. The summed E-state index contributed by atoms with van der Waals surface area (Å²) >= 11 is 0. The van der Waals surface area contributed by atoms with E-state index in [9.17, 15) is 18.6 Å². The number of aliphatic hydroxyl groups is 2. The van der Waals surface area contributed by atoms with Crippen LogP contribution < -0.4 is 0 Å². The molecule has 2 atom stereocenters. The quantitative estimate of drug-likeness (QED) is 0.869. The van der Waals surface area contributed by atoms with Gasteiger partial charge in [-0.15, -0.1) is 0 Å². The summed E-state index contributed by atoms with van der Waals surface area (Å²) < 4.78 is 27.6. The lowest BCUT2D eigenvalue weighted by atomic mass is 9.85. The Morgan fingerprint density at radius 3 is 2.38 bits per heavy atom. The first kappa shape index (κ1) is 19.4. The Labute approximate surface area is 145 Å². The van der Waals surface area contributed by atoms with Crippen molar-refractivity contribution in [2.75, 3.05) is 19.7 Å². The molecule has 1 aliphatic rings. The molecule has 0 amide bonds. The predicted octanol–water partition coefficient (Wildman–Crippen LogP) is 1.96. The number of β-amino-alcohol motifs (C(OH)–C–C–N with tert-alkyl or cyclic N) is 1. The van der Waals surface area contributed by atoms with Gasteiger partial charge in [-0.1, -0.05) is 26.8 Å². The fourth-order valence-corrected chi connectivity index (χ4v) is 4.85. The average Bonchev–Trinajstić information content (AvgIpc) is 2.48. The summed E-state index contributed by atoms with van der Waals surface area (Å²) in [6.07, 6.45) is -0.362. The van der Waals surface area contributed by atoms with Gasteiger partial charge in [0.15, 0.2) is 0 Å². The highest BCUT2D eigenvalue weighted by Gasteiger charge is 2.35. The summed E-state index contributed by atoms with van der Waals surface area (Å²) in [6.45, 7) is 10.2. The van der Waals surface area contributed by atoms with Crippen LogP contribution in [0.3, 0.4) is 0 Å². The van der Waals surface area contributed by atoms with Crippen LogP contribution in [0.1, 0.15) is 43.9 Å². The number of sulfonamides is 1. The minimum atomic E-state index is -3.67. The standard InChI is InChI=1S/C18H29NO4S/c1-12-8-15(18(3,4)5)9-17(13(12)2)24(22,23)19-7-6-14(11-20)16(21)10-19/h8-9,14,16,20-21H,6-7,10-11H2,1-5H3/t14-,16+/m1/s1. The number of piperidine rings is 1. The Morgan fingerprint density at radius 2 is 1.88 bits per heavy atom. The molecule has 0 saturated carbocycles. The van der Waals surface area contributed by atoms with Crippen LogP contribution in [-0.2, 0) is 15.4 Å².